The van der Waals surface area contributed by atoms with Gasteiger partial charge in [-0.2, -0.15) is 5.26 Å². The molecule has 0 spiro atoms. The lowest BCUT2D eigenvalue weighted by Crippen LogP contribution is -2.33. The van der Waals surface area contributed by atoms with Crippen LogP contribution in [0.2, 0.25) is 0 Å². The van der Waals surface area contributed by atoms with E-state index >= 15 is 0 Å². The fraction of sp³-hybridized carbons (Fsp3) is 0.667. The fourth-order valence-corrected chi connectivity index (χ4v) is 2.68. The van der Waals surface area contributed by atoms with Gasteiger partial charge in [-0.25, -0.2) is 18.1 Å². The lowest BCUT2D eigenvalue weighted by atomic mass is 9.97. The third kappa shape index (κ3) is 4.04. The second-order valence-corrected chi connectivity index (χ2v) is 6.85. The highest BCUT2D eigenvalue weighted by Crippen LogP contribution is 2.14. The smallest absolute Gasteiger partial charge is 0.259 e. The molecule has 0 unspecified atom stereocenters. The van der Waals surface area contributed by atoms with Crippen LogP contribution in [-0.2, 0) is 16.6 Å². The van der Waals surface area contributed by atoms with E-state index in [0.29, 0.717) is 5.82 Å². The monoisotopic (exact) mass is 284 g/mol. The molecule has 0 aliphatic heterocycles. The first-order valence-corrected chi connectivity index (χ1v) is 7.65. The van der Waals surface area contributed by atoms with E-state index in [1.807, 2.05) is 17.6 Å². The molecule has 0 amide bonds. The van der Waals surface area contributed by atoms with Crippen molar-refractivity contribution in [2.24, 2.45) is 5.41 Å². The topological polar surface area (TPSA) is 87.8 Å². The van der Waals surface area contributed by atoms with Gasteiger partial charge in [0.1, 0.15) is 5.82 Å². The van der Waals surface area contributed by atoms with Crippen LogP contribution in [0.4, 0.5) is 0 Å². The zero-order chi connectivity index (χ0) is 14.7. The fourth-order valence-electron chi connectivity index (χ4n) is 1.46. The molecule has 0 fully saturated rings. The van der Waals surface area contributed by atoms with Gasteiger partial charge >= 0.3 is 0 Å². The highest BCUT2D eigenvalue weighted by molar-refractivity contribution is 7.89. The number of rotatable bonds is 6. The zero-order valence-electron chi connectivity index (χ0n) is 11.8. The average Bonchev–Trinajstić information content (AvgIpc) is 2.70. The zero-order valence-corrected chi connectivity index (χ0v) is 12.6. The summed E-state index contributed by atoms with van der Waals surface area (Å²) >= 11 is 0. The lowest BCUT2D eigenvalue weighted by Gasteiger charge is -2.14. The molecule has 1 heterocycles. The maximum Gasteiger partial charge on any atom is 0.259 e. The predicted molar refractivity (Wildman–Crippen MR) is 71.8 cm³/mol. The Labute approximate surface area is 114 Å². The first-order valence-electron chi connectivity index (χ1n) is 6.16. The molecular weight excluding hydrogens is 264 g/mol. The highest BCUT2D eigenvalue weighted by atomic mass is 32.2. The molecule has 1 aromatic heterocycles. The molecule has 1 rings (SSSR count). The van der Waals surface area contributed by atoms with Crippen molar-refractivity contribution in [3.05, 3.63) is 12.0 Å². The van der Waals surface area contributed by atoms with E-state index in [9.17, 15) is 8.42 Å². The molecule has 0 saturated carbocycles. The van der Waals surface area contributed by atoms with Crippen LogP contribution in [0.15, 0.2) is 11.2 Å². The molecule has 1 N–H and O–H groups in total. The van der Waals surface area contributed by atoms with Crippen LogP contribution in [0, 0.1) is 23.7 Å². The number of aryl methyl sites for hydroxylation is 2. The second-order valence-electron chi connectivity index (χ2n) is 5.14. The van der Waals surface area contributed by atoms with Crippen molar-refractivity contribution >= 4 is 10.0 Å². The van der Waals surface area contributed by atoms with Crippen molar-refractivity contribution in [2.45, 2.75) is 45.7 Å². The Morgan fingerprint density at radius 2 is 2.16 bits per heavy atom. The van der Waals surface area contributed by atoms with Crippen molar-refractivity contribution in [1.29, 1.82) is 5.26 Å². The molecule has 6 nitrogen and oxygen atoms in total. The standard InChI is InChI=1S/C12H20N4O2S/c1-5-6-16-7-11(15-10(16)2)19(17,18)14-9-12(3,4)8-13/h7,14H,5-6,9H2,1-4H3. The number of aromatic nitrogens is 2. The molecule has 0 aromatic carbocycles. The van der Waals surface area contributed by atoms with Gasteiger partial charge < -0.3 is 4.57 Å². The van der Waals surface area contributed by atoms with E-state index in [0.717, 1.165) is 13.0 Å². The lowest BCUT2D eigenvalue weighted by molar-refractivity contribution is 0.478. The number of nitrogens with zero attached hydrogens (tertiary/aromatic N) is 3. The summed E-state index contributed by atoms with van der Waals surface area (Å²) in [7, 11) is -3.66. The number of nitrogens with one attached hydrogen (secondary N) is 1. The summed E-state index contributed by atoms with van der Waals surface area (Å²) in [5.41, 5.74) is -0.742. The molecule has 0 aliphatic rings. The summed E-state index contributed by atoms with van der Waals surface area (Å²) in [5.74, 6) is 0.668. The van der Waals surface area contributed by atoms with Crippen molar-refractivity contribution in [3.8, 4) is 6.07 Å². The third-order valence-corrected chi connectivity index (χ3v) is 3.97. The van der Waals surface area contributed by atoms with Crippen LogP contribution < -0.4 is 4.72 Å². The number of hydrogen-bond acceptors (Lipinski definition) is 4. The molecule has 0 radical (unpaired) electrons. The molecule has 0 aliphatic carbocycles. The molecule has 19 heavy (non-hydrogen) atoms. The van der Waals surface area contributed by atoms with Gasteiger partial charge in [-0.15, -0.1) is 0 Å². The van der Waals surface area contributed by atoms with E-state index in [2.05, 4.69) is 9.71 Å². The normalized spacial score (nSPS) is 12.4. The Balaban J connectivity index is 2.90. The highest BCUT2D eigenvalue weighted by Gasteiger charge is 2.24. The Morgan fingerprint density at radius 3 is 2.68 bits per heavy atom. The van der Waals surface area contributed by atoms with Gasteiger partial charge in [-0.05, 0) is 27.2 Å². The van der Waals surface area contributed by atoms with Gasteiger partial charge in [0, 0.05) is 19.3 Å². The van der Waals surface area contributed by atoms with Crippen LogP contribution >= 0.6 is 0 Å². The van der Waals surface area contributed by atoms with Crippen LogP contribution in [0.25, 0.3) is 0 Å². The summed E-state index contributed by atoms with van der Waals surface area (Å²) in [4.78, 5) is 4.06. The molecule has 0 saturated heterocycles. The molecule has 7 heteroatoms. The minimum Gasteiger partial charge on any atom is -0.334 e. The largest absolute Gasteiger partial charge is 0.334 e. The van der Waals surface area contributed by atoms with Crippen LogP contribution in [0.3, 0.4) is 0 Å². The number of imidazole rings is 1. The summed E-state index contributed by atoms with van der Waals surface area (Å²) in [6.07, 6.45) is 2.44. The van der Waals surface area contributed by atoms with Crippen molar-refractivity contribution in [3.63, 3.8) is 0 Å². The molecule has 0 atom stereocenters. The van der Waals surface area contributed by atoms with Gasteiger partial charge in [-0.1, -0.05) is 6.92 Å². The summed E-state index contributed by atoms with van der Waals surface area (Å²) < 4.78 is 28.4. The maximum absolute atomic E-state index is 12.1. The number of hydrogen-bond donors (Lipinski definition) is 1. The Kier molecular flexibility index (Phi) is 4.71. The minimum atomic E-state index is -3.66. The summed E-state index contributed by atoms with van der Waals surface area (Å²) in [6, 6.07) is 2.05. The Bertz CT molecular complexity index is 581. The van der Waals surface area contributed by atoms with E-state index in [-0.39, 0.29) is 11.6 Å². The van der Waals surface area contributed by atoms with Crippen molar-refractivity contribution in [2.75, 3.05) is 6.54 Å². The van der Waals surface area contributed by atoms with Gasteiger partial charge in [0.2, 0.25) is 0 Å². The predicted octanol–water partition coefficient (Wildman–Crippen LogP) is 1.43. The summed E-state index contributed by atoms with van der Waals surface area (Å²) in [5, 5.41) is 8.88. The van der Waals surface area contributed by atoms with Gasteiger partial charge in [0.15, 0.2) is 5.03 Å². The van der Waals surface area contributed by atoms with Gasteiger partial charge in [-0.3, -0.25) is 0 Å². The van der Waals surface area contributed by atoms with Crippen LogP contribution in [-0.4, -0.2) is 24.5 Å². The average molecular weight is 284 g/mol. The Hall–Kier alpha value is -1.39. The van der Waals surface area contributed by atoms with E-state index in [1.54, 1.807) is 20.8 Å². The van der Waals surface area contributed by atoms with E-state index in [1.165, 1.54) is 6.20 Å². The van der Waals surface area contributed by atoms with Gasteiger partial charge in [0.05, 0.1) is 11.5 Å². The van der Waals surface area contributed by atoms with Gasteiger partial charge in [0.25, 0.3) is 10.0 Å². The number of nitriles is 1. The quantitative estimate of drug-likeness (QED) is 0.856. The minimum absolute atomic E-state index is 0.00666. The SMILES string of the molecule is CCCn1cc(S(=O)(=O)NCC(C)(C)C#N)nc1C. The van der Waals surface area contributed by atoms with Crippen LogP contribution in [0.1, 0.15) is 33.0 Å². The first-order chi connectivity index (χ1) is 8.72. The van der Waals surface area contributed by atoms with E-state index < -0.39 is 15.4 Å². The van der Waals surface area contributed by atoms with Crippen molar-refractivity contribution < 1.29 is 8.42 Å². The third-order valence-electron chi connectivity index (χ3n) is 2.70. The first kappa shape index (κ1) is 15.7. The van der Waals surface area contributed by atoms with E-state index in [4.69, 9.17) is 5.26 Å². The Morgan fingerprint density at radius 1 is 1.53 bits per heavy atom. The molecule has 106 valence electrons. The summed E-state index contributed by atoms with van der Waals surface area (Å²) in [6.45, 7) is 7.94. The molecular formula is C12H20N4O2S. The molecule has 0 bridgehead atoms. The van der Waals surface area contributed by atoms with Crippen LogP contribution in [0.5, 0.6) is 0 Å². The second kappa shape index (κ2) is 5.72. The number of sulfonamides is 1. The maximum atomic E-state index is 12.1. The molecule has 1 aromatic rings. The van der Waals surface area contributed by atoms with Crippen molar-refractivity contribution in [1.82, 2.24) is 14.3 Å².